The summed E-state index contributed by atoms with van der Waals surface area (Å²) in [6.07, 6.45) is 2.33. The molecule has 21 heavy (non-hydrogen) atoms. The van der Waals surface area contributed by atoms with Gasteiger partial charge in [-0.3, -0.25) is 0 Å². The van der Waals surface area contributed by atoms with Crippen molar-refractivity contribution in [1.29, 1.82) is 0 Å². The van der Waals surface area contributed by atoms with Gasteiger partial charge in [0, 0.05) is 18.2 Å². The van der Waals surface area contributed by atoms with E-state index in [4.69, 9.17) is 9.47 Å². The molecule has 0 unspecified atom stereocenters. The van der Waals surface area contributed by atoms with E-state index in [1.54, 1.807) is 0 Å². The van der Waals surface area contributed by atoms with Crippen LogP contribution in [-0.2, 0) is 6.54 Å². The lowest BCUT2D eigenvalue weighted by Crippen LogP contribution is -2.34. The van der Waals surface area contributed by atoms with Gasteiger partial charge in [0.05, 0.1) is 12.2 Å². The maximum atomic E-state index is 10.3. The SMILES string of the molecule is CCCOc1ccc(CNC)c(OCC(O)(CC)CC)c1. The number of rotatable bonds is 10. The molecule has 4 heteroatoms. The van der Waals surface area contributed by atoms with E-state index in [1.807, 2.05) is 39.1 Å². The Morgan fingerprint density at radius 1 is 1.14 bits per heavy atom. The minimum Gasteiger partial charge on any atom is -0.493 e. The van der Waals surface area contributed by atoms with Crippen LogP contribution in [0.2, 0.25) is 0 Å². The first-order valence-corrected chi connectivity index (χ1v) is 7.84. The van der Waals surface area contributed by atoms with Crippen molar-refractivity contribution >= 4 is 0 Å². The molecular weight excluding hydrogens is 266 g/mol. The van der Waals surface area contributed by atoms with Crippen molar-refractivity contribution in [3.05, 3.63) is 23.8 Å². The summed E-state index contributed by atoms with van der Waals surface area (Å²) in [5, 5.41) is 13.5. The van der Waals surface area contributed by atoms with E-state index < -0.39 is 5.60 Å². The summed E-state index contributed by atoms with van der Waals surface area (Å²) in [6, 6.07) is 5.88. The van der Waals surface area contributed by atoms with Crippen molar-refractivity contribution in [1.82, 2.24) is 5.32 Å². The Balaban J connectivity index is 2.84. The fourth-order valence-electron chi connectivity index (χ4n) is 1.98. The summed E-state index contributed by atoms with van der Waals surface area (Å²) < 4.78 is 11.5. The summed E-state index contributed by atoms with van der Waals surface area (Å²) >= 11 is 0. The molecule has 0 fully saturated rings. The molecular formula is C17H29NO3. The van der Waals surface area contributed by atoms with E-state index >= 15 is 0 Å². The van der Waals surface area contributed by atoms with Gasteiger partial charge in [0.1, 0.15) is 18.1 Å². The number of ether oxygens (including phenoxy) is 2. The number of hydrogen-bond acceptors (Lipinski definition) is 4. The highest BCUT2D eigenvalue weighted by molar-refractivity contribution is 5.40. The molecule has 0 heterocycles. The second-order valence-corrected chi connectivity index (χ2v) is 5.37. The van der Waals surface area contributed by atoms with Crippen LogP contribution >= 0.6 is 0 Å². The molecule has 0 saturated heterocycles. The molecule has 0 amide bonds. The second-order valence-electron chi connectivity index (χ2n) is 5.37. The van der Waals surface area contributed by atoms with Gasteiger partial charge >= 0.3 is 0 Å². The lowest BCUT2D eigenvalue weighted by Gasteiger charge is -2.26. The molecule has 2 N–H and O–H groups in total. The van der Waals surface area contributed by atoms with Crippen LogP contribution in [0, 0.1) is 0 Å². The van der Waals surface area contributed by atoms with Crippen molar-refractivity contribution in [3.8, 4) is 11.5 Å². The Morgan fingerprint density at radius 3 is 2.43 bits per heavy atom. The van der Waals surface area contributed by atoms with Crippen LogP contribution in [0.1, 0.15) is 45.6 Å². The highest BCUT2D eigenvalue weighted by Gasteiger charge is 2.23. The van der Waals surface area contributed by atoms with Crippen molar-refractivity contribution in [2.24, 2.45) is 0 Å². The Morgan fingerprint density at radius 2 is 1.86 bits per heavy atom. The van der Waals surface area contributed by atoms with Crippen LogP contribution in [0.3, 0.4) is 0 Å². The quantitative estimate of drug-likeness (QED) is 0.696. The number of aliphatic hydroxyl groups is 1. The first-order valence-electron chi connectivity index (χ1n) is 7.84. The minimum absolute atomic E-state index is 0.300. The zero-order chi connectivity index (χ0) is 15.7. The number of nitrogens with one attached hydrogen (secondary N) is 1. The third kappa shape index (κ3) is 5.56. The first kappa shape index (κ1) is 17.8. The average Bonchev–Trinajstić information content (AvgIpc) is 2.52. The van der Waals surface area contributed by atoms with E-state index in [0.29, 0.717) is 26.1 Å². The normalized spacial score (nSPS) is 11.5. The van der Waals surface area contributed by atoms with Crippen LogP contribution in [0.4, 0.5) is 0 Å². The van der Waals surface area contributed by atoms with E-state index in [1.165, 1.54) is 0 Å². The van der Waals surface area contributed by atoms with E-state index in [0.717, 1.165) is 30.0 Å². The number of benzene rings is 1. The standard InChI is InChI=1S/C17H29NO3/c1-5-10-20-15-9-8-14(12-18-4)16(11-15)21-13-17(19,6-2)7-3/h8-9,11,18-19H,5-7,10,12-13H2,1-4H3. The molecule has 0 aromatic heterocycles. The fourth-order valence-corrected chi connectivity index (χ4v) is 1.98. The van der Waals surface area contributed by atoms with Crippen LogP contribution < -0.4 is 14.8 Å². The number of hydrogen-bond donors (Lipinski definition) is 2. The summed E-state index contributed by atoms with van der Waals surface area (Å²) in [7, 11) is 1.90. The molecule has 0 aliphatic rings. The van der Waals surface area contributed by atoms with Gasteiger partial charge in [-0.1, -0.05) is 26.8 Å². The molecule has 0 aliphatic carbocycles. The maximum absolute atomic E-state index is 10.3. The predicted octanol–water partition coefficient (Wildman–Crippen LogP) is 3.12. The molecule has 0 radical (unpaired) electrons. The predicted molar refractivity (Wildman–Crippen MR) is 86.0 cm³/mol. The molecule has 1 aromatic rings. The van der Waals surface area contributed by atoms with Crippen molar-refractivity contribution in [3.63, 3.8) is 0 Å². The fraction of sp³-hybridized carbons (Fsp3) is 0.647. The molecule has 1 aromatic carbocycles. The molecule has 0 aliphatic heterocycles. The van der Waals surface area contributed by atoms with E-state index in [-0.39, 0.29) is 0 Å². The molecule has 0 spiro atoms. The molecule has 0 atom stereocenters. The molecule has 0 bridgehead atoms. The van der Waals surface area contributed by atoms with Gasteiger partial charge in [0.2, 0.25) is 0 Å². The maximum Gasteiger partial charge on any atom is 0.127 e. The van der Waals surface area contributed by atoms with Gasteiger partial charge < -0.3 is 19.9 Å². The first-order chi connectivity index (χ1) is 10.1. The molecule has 4 nitrogen and oxygen atoms in total. The van der Waals surface area contributed by atoms with Gasteiger partial charge in [0.15, 0.2) is 0 Å². The smallest absolute Gasteiger partial charge is 0.127 e. The zero-order valence-electron chi connectivity index (χ0n) is 13.7. The summed E-state index contributed by atoms with van der Waals surface area (Å²) in [6.45, 7) is 7.74. The molecule has 120 valence electrons. The monoisotopic (exact) mass is 295 g/mol. The van der Waals surface area contributed by atoms with Gasteiger partial charge in [-0.05, 0) is 32.4 Å². The van der Waals surface area contributed by atoms with Crippen LogP contribution in [0.5, 0.6) is 11.5 Å². The minimum atomic E-state index is -0.767. The Hall–Kier alpha value is -1.26. The highest BCUT2D eigenvalue weighted by Crippen LogP contribution is 2.27. The summed E-state index contributed by atoms with van der Waals surface area (Å²) in [5.41, 5.74) is 0.299. The highest BCUT2D eigenvalue weighted by atomic mass is 16.5. The van der Waals surface area contributed by atoms with Crippen LogP contribution in [0.25, 0.3) is 0 Å². The zero-order valence-corrected chi connectivity index (χ0v) is 13.7. The molecule has 1 rings (SSSR count). The van der Waals surface area contributed by atoms with Crippen molar-refractivity contribution in [2.45, 2.75) is 52.2 Å². The van der Waals surface area contributed by atoms with Gasteiger partial charge in [-0.15, -0.1) is 0 Å². The topological polar surface area (TPSA) is 50.7 Å². The Bertz CT molecular complexity index is 416. The van der Waals surface area contributed by atoms with Crippen LogP contribution in [0.15, 0.2) is 18.2 Å². The third-order valence-corrected chi connectivity index (χ3v) is 3.69. The van der Waals surface area contributed by atoms with Crippen molar-refractivity contribution < 1.29 is 14.6 Å². The largest absolute Gasteiger partial charge is 0.493 e. The third-order valence-electron chi connectivity index (χ3n) is 3.69. The van der Waals surface area contributed by atoms with E-state index in [9.17, 15) is 5.11 Å². The lowest BCUT2D eigenvalue weighted by atomic mass is 9.99. The second kappa shape index (κ2) is 8.90. The Kier molecular flexibility index (Phi) is 7.54. The van der Waals surface area contributed by atoms with Crippen LogP contribution in [-0.4, -0.2) is 31.0 Å². The van der Waals surface area contributed by atoms with Gasteiger partial charge in [-0.25, -0.2) is 0 Å². The van der Waals surface area contributed by atoms with Gasteiger partial charge in [0.25, 0.3) is 0 Å². The van der Waals surface area contributed by atoms with Gasteiger partial charge in [-0.2, -0.15) is 0 Å². The van der Waals surface area contributed by atoms with E-state index in [2.05, 4.69) is 12.2 Å². The lowest BCUT2D eigenvalue weighted by molar-refractivity contribution is -0.0116. The molecule has 0 saturated carbocycles. The summed E-state index contributed by atoms with van der Waals surface area (Å²) in [4.78, 5) is 0. The van der Waals surface area contributed by atoms with Crippen molar-refractivity contribution in [2.75, 3.05) is 20.3 Å². The average molecular weight is 295 g/mol. The Labute approximate surface area is 128 Å². The summed E-state index contributed by atoms with van der Waals surface area (Å²) in [5.74, 6) is 1.58.